The molecular formula is C41H67NO3. The summed E-state index contributed by atoms with van der Waals surface area (Å²) in [5.74, 6) is -0.116. The zero-order chi connectivity index (χ0) is 32.9. The summed E-state index contributed by atoms with van der Waals surface area (Å²) in [5, 5.41) is 22.8. The SMILES string of the molecule is CC/C=C\C/C=C\C/C=C\C/C=C\C/C=C\CCCCCC(=O)NC(CO)C(O)/C=C/CC/C=C/CC/C=C/CCCCCC. The molecule has 0 saturated heterocycles. The lowest BCUT2D eigenvalue weighted by molar-refractivity contribution is -0.123. The molecular weight excluding hydrogens is 554 g/mol. The Morgan fingerprint density at radius 1 is 0.556 bits per heavy atom. The molecule has 0 aliphatic rings. The van der Waals surface area contributed by atoms with Crippen molar-refractivity contribution in [2.75, 3.05) is 6.61 Å². The van der Waals surface area contributed by atoms with E-state index in [4.69, 9.17) is 0 Å². The molecule has 0 heterocycles. The predicted octanol–water partition coefficient (Wildman–Crippen LogP) is 10.7. The van der Waals surface area contributed by atoms with Crippen LogP contribution in [0.2, 0.25) is 0 Å². The van der Waals surface area contributed by atoms with Gasteiger partial charge < -0.3 is 15.5 Å². The Bertz CT molecular complexity index is 890. The molecule has 0 bridgehead atoms. The van der Waals surface area contributed by atoms with Gasteiger partial charge in [-0.05, 0) is 89.9 Å². The van der Waals surface area contributed by atoms with Gasteiger partial charge >= 0.3 is 0 Å². The van der Waals surface area contributed by atoms with Crippen LogP contribution in [0, 0.1) is 0 Å². The number of hydrogen-bond donors (Lipinski definition) is 3. The first-order chi connectivity index (χ1) is 22.2. The van der Waals surface area contributed by atoms with Crippen LogP contribution in [0.25, 0.3) is 0 Å². The van der Waals surface area contributed by atoms with E-state index in [0.717, 1.165) is 83.5 Å². The van der Waals surface area contributed by atoms with Crippen LogP contribution in [0.3, 0.4) is 0 Å². The molecule has 4 nitrogen and oxygen atoms in total. The van der Waals surface area contributed by atoms with Gasteiger partial charge in [0.15, 0.2) is 0 Å². The van der Waals surface area contributed by atoms with Crippen molar-refractivity contribution in [2.45, 2.75) is 148 Å². The van der Waals surface area contributed by atoms with E-state index in [1.165, 1.54) is 32.1 Å². The Balaban J connectivity index is 3.84. The van der Waals surface area contributed by atoms with Crippen LogP contribution in [-0.4, -0.2) is 34.9 Å². The van der Waals surface area contributed by atoms with Crippen LogP contribution in [0.4, 0.5) is 0 Å². The van der Waals surface area contributed by atoms with Crippen LogP contribution >= 0.6 is 0 Å². The lowest BCUT2D eigenvalue weighted by atomic mass is 10.1. The van der Waals surface area contributed by atoms with Gasteiger partial charge in [-0.2, -0.15) is 0 Å². The molecule has 0 spiro atoms. The van der Waals surface area contributed by atoms with Gasteiger partial charge in [0.1, 0.15) is 0 Å². The zero-order valence-corrected chi connectivity index (χ0v) is 28.8. The Morgan fingerprint density at radius 2 is 1.00 bits per heavy atom. The summed E-state index contributed by atoms with van der Waals surface area (Å²) in [7, 11) is 0. The van der Waals surface area contributed by atoms with Crippen molar-refractivity contribution in [1.82, 2.24) is 5.32 Å². The maximum atomic E-state index is 12.3. The lowest BCUT2D eigenvalue weighted by Crippen LogP contribution is -2.45. The number of allylic oxidation sites excluding steroid dienone is 15. The molecule has 0 aromatic heterocycles. The van der Waals surface area contributed by atoms with Gasteiger partial charge in [0, 0.05) is 6.42 Å². The van der Waals surface area contributed by atoms with Crippen molar-refractivity contribution < 1.29 is 15.0 Å². The second kappa shape index (κ2) is 35.8. The van der Waals surface area contributed by atoms with Gasteiger partial charge in [0.25, 0.3) is 0 Å². The molecule has 254 valence electrons. The average molecular weight is 622 g/mol. The van der Waals surface area contributed by atoms with Crippen LogP contribution in [0.1, 0.15) is 136 Å². The van der Waals surface area contributed by atoms with Crippen LogP contribution in [-0.2, 0) is 4.79 Å². The molecule has 3 N–H and O–H groups in total. The minimum atomic E-state index is -0.888. The molecule has 0 aromatic rings. The third kappa shape index (κ3) is 32.5. The van der Waals surface area contributed by atoms with Crippen molar-refractivity contribution in [3.8, 4) is 0 Å². The second-order valence-electron chi connectivity index (χ2n) is 11.5. The first-order valence-electron chi connectivity index (χ1n) is 18.0. The van der Waals surface area contributed by atoms with E-state index in [1.807, 2.05) is 6.08 Å². The van der Waals surface area contributed by atoms with Crippen molar-refractivity contribution in [3.05, 3.63) is 97.2 Å². The molecule has 0 saturated carbocycles. The Morgan fingerprint density at radius 3 is 1.51 bits per heavy atom. The molecule has 4 heteroatoms. The first-order valence-corrected chi connectivity index (χ1v) is 18.0. The van der Waals surface area contributed by atoms with Crippen molar-refractivity contribution in [1.29, 1.82) is 0 Å². The Kier molecular flexibility index (Phi) is 33.6. The summed E-state index contributed by atoms with van der Waals surface area (Å²) >= 11 is 0. The number of aliphatic hydroxyl groups is 2. The van der Waals surface area contributed by atoms with E-state index in [9.17, 15) is 15.0 Å². The number of carbonyl (C=O) groups excluding carboxylic acids is 1. The summed E-state index contributed by atoms with van der Waals surface area (Å²) in [6.45, 7) is 4.11. The smallest absolute Gasteiger partial charge is 0.220 e. The third-order valence-electron chi connectivity index (χ3n) is 7.28. The number of hydrogen-bond acceptors (Lipinski definition) is 3. The maximum Gasteiger partial charge on any atom is 0.220 e. The molecule has 0 fully saturated rings. The summed E-state index contributed by atoms with van der Waals surface area (Å²) in [6.07, 6.45) is 53.4. The van der Waals surface area contributed by atoms with Gasteiger partial charge in [-0.3, -0.25) is 4.79 Å². The fourth-order valence-corrected chi connectivity index (χ4v) is 4.53. The van der Waals surface area contributed by atoms with Gasteiger partial charge in [0.05, 0.1) is 18.8 Å². The highest BCUT2D eigenvalue weighted by Crippen LogP contribution is 2.07. The van der Waals surface area contributed by atoms with E-state index < -0.39 is 12.1 Å². The minimum Gasteiger partial charge on any atom is -0.394 e. The summed E-state index contributed by atoms with van der Waals surface area (Å²) in [6, 6.07) is -0.667. The highest BCUT2D eigenvalue weighted by atomic mass is 16.3. The largest absolute Gasteiger partial charge is 0.394 e. The number of rotatable bonds is 30. The normalized spacial score (nSPS) is 14.3. The highest BCUT2D eigenvalue weighted by Gasteiger charge is 2.17. The number of amides is 1. The molecule has 1 amide bonds. The Hall–Kier alpha value is -2.69. The van der Waals surface area contributed by atoms with Gasteiger partial charge in [-0.1, -0.05) is 137 Å². The summed E-state index contributed by atoms with van der Waals surface area (Å²) < 4.78 is 0. The third-order valence-corrected chi connectivity index (χ3v) is 7.28. The van der Waals surface area contributed by atoms with Gasteiger partial charge in [0.2, 0.25) is 5.91 Å². The zero-order valence-electron chi connectivity index (χ0n) is 28.8. The van der Waals surface area contributed by atoms with E-state index in [0.29, 0.717) is 6.42 Å². The van der Waals surface area contributed by atoms with Gasteiger partial charge in [-0.15, -0.1) is 0 Å². The molecule has 0 aromatic carbocycles. The number of aliphatic hydroxyl groups excluding tert-OH is 2. The highest BCUT2D eigenvalue weighted by molar-refractivity contribution is 5.76. The average Bonchev–Trinajstić information content (AvgIpc) is 3.04. The van der Waals surface area contributed by atoms with Crippen LogP contribution in [0.5, 0.6) is 0 Å². The fourth-order valence-electron chi connectivity index (χ4n) is 4.53. The lowest BCUT2D eigenvalue weighted by Gasteiger charge is -2.19. The quantitative estimate of drug-likeness (QED) is 0.0552. The Labute approximate surface area is 277 Å². The van der Waals surface area contributed by atoms with Crippen LogP contribution < -0.4 is 5.32 Å². The van der Waals surface area contributed by atoms with Crippen molar-refractivity contribution in [2.24, 2.45) is 0 Å². The van der Waals surface area contributed by atoms with E-state index in [2.05, 4.69) is 104 Å². The number of carbonyl (C=O) groups is 1. The van der Waals surface area contributed by atoms with E-state index in [1.54, 1.807) is 6.08 Å². The molecule has 0 aliphatic carbocycles. The number of unbranched alkanes of at least 4 members (excludes halogenated alkanes) is 9. The molecule has 0 aliphatic heterocycles. The second-order valence-corrected chi connectivity index (χ2v) is 11.5. The number of nitrogens with one attached hydrogen (secondary N) is 1. The molecule has 45 heavy (non-hydrogen) atoms. The van der Waals surface area contributed by atoms with E-state index in [-0.39, 0.29) is 12.5 Å². The molecule has 0 rings (SSSR count). The minimum absolute atomic E-state index is 0.116. The van der Waals surface area contributed by atoms with Crippen LogP contribution in [0.15, 0.2) is 97.2 Å². The van der Waals surface area contributed by atoms with Gasteiger partial charge in [-0.25, -0.2) is 0 Å². The molecule has 0 radical (unpaired) electrons. The van der Waals surface area contributed by atoms with Crippen molar-refractivity contribution in [3.63, 3.8) is 0 Å². The fraction of sp³-hybridized carbons (Fsp3) is 0.585. The topological polar surface area (TPSA) is 69.6 Å². The molecule has 2 atom stereocenters. The summed E-state index contributed by atoms with van der Waals surface area (Å²) in [4.78, 5) is 12.3. The van der Waals surface area contributed by atoms with Crippen molar-refractivity contribution >= 4 is 5.91 Å². The maximum absolute atomic E-state index is 12.3. The standard InChI is InChI=1S/C41H67NO3/c1-3-5-7-9-11-13-15-17-19-20-21-22-23-25-27-29-31-33-35-37-41(45)42-39(38-43)40(44)36-34-32-30-28-26-24-18-16-14-12-10-8-6-4-2/h5,7,11,13-14,16-17,19,21-22,25-28,34,36,39-40,43-44H,3-4,6,8-10,12,15,18,20,23-24,29-33,35,37-38H2,1-2H3,(H,42,45)/b7-5-,13-11-,16-14+,19-17-,22-21-,27-25-,28-26+,36-34+. The predicted molar refractivity (Wildman–Crippen MR) is 197 cm³/mol. The summed E-state index contributed by atoms with van der Waals surface area (Å²) in [5.41, 5.74) is 0. The monoisotopic (exact) mass is 622 g/mol. The first kappa shape index (κ1) is 42.3. The molecule has 2 unspecified atom stereocenters. The van der Waals surface area contributed by atoms with E-state index >= 15 is 0 Å².